The minimum absolute atomic E-state index is 0.0403. The molecule has 1 saturated carbocycles. The smallest absolute Gasteiger partial charge is 0.238 e. The number of nitrogens with zero attached hydrogens (tertiary/aromatic N) is 1. The van der Waals surface area contributed by atoms with Gasteiger partial charge in [0.2, 0.25) is 15.9 Å². The fourth-order valence-electron chi connectivity index (χ4n) is 3.89. The third-order valence-corrected chi connectivity index (χ3v) is 6.56. The van der Waals surface area contributed by atoms with Gasteiger partial charge in [-0.05, 0) is 60.2 Å². The SMILES string of the molecule is Cc1ccc(S(N)(=O)=O)c(-c2ccc(NC(=O)[C@@H]3C[C@@H]3c3cccc(C=NN)c3)cc2)c1. The van der Waals surface area contributed by atoms with E-state index in [4.69, 9.17) is 11.0 Å². The predicted molar refractivity (Wildman–Crippen MR) is 126 cm³/mol. The molecule has 2 atom stereocenters. The zero-order valence-corrected chi connectivity index (χ0v) is 18.3. The Hall–Kier alpha value is -3.49. The van der Waals surface area contributed by atoms with Gasteiger partial charge in [-0.3, -0.25) is 4.79 Å². The summed E-state index contributed by atoms with van der Waals surface area (Å²) in [6, 6.07) is 19.9. The molecular weight excluding hydrogens is 424 g/mol. The highest BCUT2D eigenvalue weighted by Crippen LogP contribution is 2.48. The molecule has 5 N–H and O–H groups in total. The number of nitrogens with two attached hydrogens (primary N) is 2. The Kier molecular flexibility index (Phi) is 5.82. The van der Waals surface area contributed by atoms with E-state index in [1.807, 2.05) is 31.2 Å². The lowest BCUT2D eigenvalue weighted by atomic mass is 10.0. The molecule has 0 radical (unpaired) electrons. The van der Waals surface area contributed by atoms with Crippen LogP contribution in [0.5, 0.6) is 0 Å². The number of rotatable bonds is 6. The predicted octanol–water partition coefficient (Wildman–Crippen LogP) is 3.34. The van der Waals surface area contributed by atoms with Gasteiger partial charge in [0.15, 0.2) is 0 Å². The lowest BCUT2D eigenvalue weighted by Gasteiger charge is -2.11. The largest absolute Gasteiger partial charge is 0.326 e. The number of hydrazone groups is 1. The molecule has 1 amide bonds. The average molecular weight is 449 g/mol. The Morgan fingerprint density at radius 1 is 1.09 bits per heavy atom. The summed E-state index contributed by atoms with van der Waals surface area (Å²) in [6.07, 6.45) is 2.37. The van der Waals surface area contributed by atoms with Crippen LogP contribution in [0.15, 0.2) is 76.7 Å². The second-order valence-corrected chi connectivity index (χ2v) is 9.54. The molecule has 0 bridgehead atoms. The second kappa shape index (κ2) is 8.57. The van der Waals surface area contributed by atoms with Gasteiger partial charge < -0.3 is 11.2 Å². The van der Waals surface area contributed by atoms with Crippen LogP contribution in [0.2, 0.25) is 0 Å². The lowest BCUT2D eigenvalue weighted by Crippen LogP contribution is -2.14. The number of carbonyl (C=O) groups excluding carboxylic acids is 1. The Morgan fingerprint density at radius 3 is 2.53 bits per heavy atom. The highest BCUT2D eigenvalue weighted by atomic mass is 32.2. The van der Waals surface area contributed by atoms with E-state index < -0.39 is 10.0 Å². The maximum absolute atomic E-state index is 12.7. The van der Waals surface area contributed by atoms with Crippen LogP contribution in [0, 0.1) is 12.8 Å². The molecule has 8 heteroatoms. The quantitative estimate of drug-likeness (QED) is 0.303. The van der Waals surface area contributed by atoms with Crippen LogP contribution in [-0.2, 0) is 14.8 Å². The summed E-state index contributed by atoms with van der Waals surface area (Å²) in [5.41, 5.74) is 4.81. The number of anilines is 1. The van der Waals surface area contributed by atoms with Crippen molar-refractivity contribution in [2.24, 2.45) is 22.0 Å². The molecule has 0 unspecified atom stereocenters. The molecule has 0 heterocycles. The summed E-state index contributed by atoms with van der Waals surface area (Å²) < 4.78 is 23.9. The van der Waals surface area contributed by atoms with E-state index in [0.29, 0.717) is 16.8 Å². The third kappa shape index (κ3) is 4.71. The van der Waals surface area contributed by atoms with E-state index in [1.165, 1.54) is 6.07 Å². The molecule has 0 spiro atoms. The number of primary sulfonamides is 1. The van der Waals surface area contributed by atoms with Crippen molar-refractivity contribution in [3.05, 3.63) is 83.4 Å². The van der Waals surface area contributed by atoms with Gasteiger partial charge in [-0.1, -0.05) is 48.0 Å². The maximum Gasteiger partial charge on any atom is 0.238 e. The Labute approximate surface area is 187 Å². The van der Waals surface area contributed by atoms with Crippen LogP contribution in [0.1, 0.15) is 29.0 Å². The van der Waals surface area contributed by atoms with Gasteiger partial charge in [-0.15, -0.1) is 0 Å². The summed E-state index contributed by atoms with van der Waals surface area (Å²) in [7, 11) is -3.85. The van der Waals surface area contributed by atoms with Crippen molar-refractivity contribution >= 4 is 27.8 Å². The number of amides is 1. The minimum atomic E-state index is -3.85. The Balaban J connectivity index is 1.47. The van der Waals surface area contributed by atoms with Crippen LogP contribution in [0.3, 0.4) is 0 Å². The van der Waals surface area contributed by atoms with Gasteiger partial charge in [0.05, 0.1) is 11.1 Å². The highest BCUT2D eigenvalue weighted by Gasteiger charge is 2.43. The van der Waals surface area contributed by atoms with Gasteiger partial charge in [0.1, 0.15) is 0 Å². The molecule has 0 saturated heterocycles. The van der Waals surface area contributed by atoms with Crippen LogP contribution in [0.4, 0.5) is 5.69 Å². The number of hydrogen-bond donors (Lipinski definition) is 3. The molecular formula is C24H24N4O3S. The first kappa shape index (κ1) is 21.7. The molecule has 7 nitrogen and oxygen atoms in total. The van der Waals surface area contributed by atoms with Crippen molar-refractivity contribution in [1.82, 2.24) is 0 Å². The lowest BCUT2D eigenvalue weighted by molar-refractivity contribution is -0.117. The van der Waals surface area contributed by atoms with Crippen molar-refractivity contribution in [2.45, 2.75) is 24.2 Å². The van der Waals surface area contributed by atoms with Gasteiger partial charge in [-0.25, -0.2) is 13.6 Å². The van der Waals surface area contributed by atoms with Gasteiger partial charge >= 0.3 is 0 Å². The Bertz CT molecular complexity index is 1300. The van der Waals surface area contributed by atoms with Gasteiger partial charge in [0.25, 0.3) is 0 Å². The van der Waals surface area contributed by atoms with Gasteiger partial charge in [-0.2, -0.15) is 5.10 Å². The molecule has 1 fully saturated rings. The molecule has 4 rings (SSSR count). The number of carbonyl (C=O) groups is 1. The summed E-state index contributed by atoms with van der Waals surface area (Å²) in [5, 5.41) is 11.9. The molecule has 3 aromatic carbocycles. The third-order valence-electron chi connectivity index (χ3n) is 5.59. The van der Waals surface area contributed by atoms with Crippen molar-refractivity contribution in [1.29, 1.82) is 0 Å². The first-order valence-corrected chi connectivity index (χ1v) is 11.7. The standard InChI is InChI=1S/C24H24N4O3S/c1-15-5-10-23(32(26,30)31)21(11-15)17-6-8-19(9-7-17)28-24(29)22-13-20(22)18-4-2-3-16(12-18)14-27-25/h2-12,14,20,22H,13,25H2,1H3,(H,28,29)(H2,26,30,31)/t20-,22-/m1/s1. The minimum Gasteiger partial charge on any atom is -0.326 e. The molecule has 3 aromatic rings. The normalized spacial score (nSPS) is 17.9. The van der Waals surface area contributed by atoms with Crippen molar-refractivity contribution in [2.75, 3.05) is 5.32 Å². The van der Waals surface area contributed by atoms with Crippen LogP contribution in [0.25, 0.3) is 11.1 Å². The Morgan fingerprint density at radius 2 is 1.84 bits per heavy atom. The van der Waals surface area contributed by atoms with Crippen molar-refractivity contribution in [3.8, 4) is 11.1 Å². The molecule has 1 aliphatic rings. The topological polar surface area (TPSA) is 128 Å². The van der Waals surface area contributed by atoms with Gasteiger partial charge in [0, 0.05) is 17.2 Å². The number of benzene rings is 3. The molecule has 0 aromatic heterocycles. The van der Waals surface area contributed by atoms with Crippen molar-refractivity contribution < 1.29 is 13.2 Å². The van der Waals surface area contributed by atoms with E-state index in [9.17, 15) is 13.2 Å². The van der Waals surface area contributed by atoms with E-state index in [1.54, 1.807) is 42.6 Å². The number of sulfonamides is 1. The summed E-state index contributed by atoms with van der Waals surface area (Å²) >= 11 is 0. The summed E-state index contributed by atoms with van der Waals surface area (Å²) in [6.45, 7) is 1.88. The average Bonchev–Trinajstić information content (AvgIpc) is 3.55. The first-order valence-electron chi connectivity index (χ1n) is 10.1. The highest BCUT2D eigenvalue weighted by molar-refractivity contribution is 7.89. The second-order valence-electron chi connectivity index (χ2n) is 8.01. The van der Waals surface area contributed by atoms with Crippen LogP contribution in [-0.4, -0.2) is 20.5 Å². The zero-order chi connectivity index (χ0) is 22.9. The van der Waals surface area contributed by atoms with E-state index in [2.05, 4.69) is 10.4 Å². The number of nitrogens with one attached hydrogen (secondary N) is 1. The molecule has 1 aliphatic carbocycles. The number of aryl methyl sites for hydroxylation is 1. The summed E-state index contributed by atoms with van der Waals surface area (Å²) in [4.78, 5) is 12.8. The van der Waals surface area contributed by atoms with E-state index >= 15 is 0 Å². The van der Waals surface area contributed by atoms with Crippen LogP contribution >= 0.6 is 0 Å². The molecule has 0 aliphatic heterocycles. The van der Waals surface area contributed by atoms with Crippen molar-refractivity contribution in [3.63, 3.8) is 0 Å². The molecule has 164 valence electrons. The zero-order valence-electron chi connectivity index (χ0n) is 17.5. The number of hydrogen-bond acceptors (Lipinski definition) is 5. The fraction of sp³-hybridized carbons (Fsp3) is 0.167. The fourth-order valence-corrected chi connectivity index (χ4v) is 4.64. The first-order chi connectivity index (χ1) is 15.3. The molecule has 32 heavy (non-hydrogen) atoms. The van der Waals surface area contributed by atoms with E-state index in [-0.39, 0.29) is 22.6 Å². The van der Waals surface area contributed by atoms with E-state index in [0.717, 1.165) is 23.1 Å². The maximum atomic E-state index is 12.7. The summed E-state index contributed by atoms with van der Waals surface area (Å²) in [5.74, 6) is 5.26. The van der Waals surface area contributed by atoms with Crippen LogP contribution < -0.4 is 16.3 Å². The monoisotopic (exact) mass is 448 g/mol.